The highest BCUT2D eigenvalue weighted by molar-refractivity contribution is 9.10. The molecule has 0 spiro atoms. The summed E-state index contributed by atoms with van der Waals surface area (Å²) in [7, 11) is 0. The van der Waals surface area contributed by atoms with E-state index in [0.717, 1.165) is 6.92 Å². The molecule has 20 heavy (non-hydrogen) atoms. The Morgan fingerprint density at radius 3 is 2.40 bits per heavy atom. The largest absolute Gasteiger partial charge is 0.591 e. The van der Waals surface area contributed by atoms with Crippen molar-refractivity contribution < 1.29 is 13.3 Å². The van der Waals surface area contributed by atoms with E-state index >= 15 is 0 Å². The second kappa shape index (κ2) is 6.49. The molecule has 1 heterocycles. The minimum Gasteiger partial charge on any atom is -0.591 e. The van der Waals surface area contributed by atoms with Gasteiger partial charge in [-0.15, -0.1) is 0 Å². The van der Waals surface area contributed by atoms with Gasteiger partial charge in [0.25, 0.3) is 5.92 Å². The first kappa shape index (κ1) is 17.5. The minimum absolute atomic E-state index is 0.0482. The Morgan fingerprint density at radius 1 is 1.35 bits per heavy atom. The van der Waals surface area contributed by atoms with Crippen LogP contribution in [-0.2, 0) is 11.4 Å². The molecule has 0 saturated heterocycles. The molecule has 3 nitrogen and oxygen atoms in total. The van der Waals surface area contributed by atoms with Gasteiger partial charge in [0.1, 0.15) is 26.4 Å². The van der Waals surface area contributed by atoms with Crippen LogP contribution in [0.2, 0.25) is 0 Å². The average Bonchev–Trinajstić information content (AvgIpc) is 2.25. The Balaban J connectivity index is 3.19. The van der Waals surface area contributed by atoms with Gasteiger partial charge in [0.15, 0.2) is 0 Å². The molecule has 112 valence electrons. The van der Waals surface area contributed by atoms with Crippen molar-refractivity contribution in [1.82, 2.24) is 4.98 Å². The van der Waals surface area contributed by atoms with E-state index in [0.29, 0.717) is 10.3 Å². The first-order valence-corrected chi connectivity index (χ1v) is 7.89. The van der Waals surface area contributed by atoms with Crippen molar-refractivity contribution in [2.75, 3.05) is 0 Å². The number of hydrogen-bond acceptors (Lipinski definition) is 3. The molecule has 0 amide bonds. The van der Waals surface area contributed by atoms with Crippen LogP contribution in [0, 0.1) is 0 Å². The van der Waals surface area contributed by atoms with E-state index in [1.807, 2.05) is 0 Å². The van der Waals surface area contributed by atoms with Crippen molar-refractivity contribution in [2.24, 2.45) is 4.40 Å². The van der Waals surface area contributed by atoms with E-state index in [9.17, 15) is 13.3 Å². The summed E-state index contributed by atoms with van der Waals surface area (Å²) in [5, 5.41) is 0. The molecule has 1 aromatic heterocycles. The van der Waals surface area contributed by atoms with Gasteiger partial charge in [-0.05, 0) is 55.8 Å². The maximum Gasteiger partial charge on any atom is 0.251 e. The van der Waals surface area contributed by atoms with Crippen molar-refractivity contribution in [3.8, 4) is 0 Å². The van der Waals surface area contributed by atoms with E-state index in [4.69, 9.17) is 0 Å². The highest BCUT2D eigenvalue weighted by Gasteiger charge is 2.31. The van der Waals surface area contributed by atoms with Crippen LogP contribution >= 0.6 is 15.9 Å². The lowest BCUT2D eigenvalue weighted by Gasteiger charge is -2.20. The summed E-state index contributed by atoms with van der Waals surface area (Å²) in [6, 6.07) is 4.94. The van der Waals surface area contributed by atoms with E-state index in [-0.39, 0.29) is 5.71 Å². The SMILES string of the molecule is CC(F)(F)C/C(=N/[S+]([O-])C(C)(C)C)c1cccc(Br)n1. The molecule has 0 radical (unpaired) electrons. The molecule has 1 rings (SSSR count). The lowest BCUT2D eigenvalue weighted by Crippen LogP contribution is -2.28. The molecule has 1 unspecified atom stereocenters. The Hall–Kier alpha value is -0.530. The number of nitrogens with zero attached hydrogens (tertiary/aromatic N) is 2. The summed E-state index contributed by atoms with van der Waals surface area (Å²) in [5.74, 6) is -2.94. The zero-order valence-electron chi connectivity index (χ0n) is 11.8. The first-order chi connectivity index (χ1) is 8.99. The number of pyridine rings is 1. The van der Waals surface area contributed by atoms with Gasteiger partial charge >= 0.3 is 0 Å². The van der Waals surface area contributed by atoms with Crippen LogP contribution < -0.4 is 0 Å². The van der Waals surface area contributed by atoms with Gasteiger partial charge in [-0.2, -0.15) is 0 Å². The monoisotopic (exact) mass is 366 g/mol. The highest BCUT2D eigenvalue weighted by atomic mass is 79.9. The van der Waals surface area contributed by atoms with E-state index in [2.05, 4.69) is 25.3 Å². The van der Waals surface area contributed by atoms with Crippen molar-refractivity contribution in [3.05, 3.63) is 28.5 Å². The maximum atomic E-state index is 13.3. The second-order valence-corrected chi connectivity index (χ2v) is 8.21. The quantitative estimate of drug-likeness (QED) is 0.456. The molecule has 0 aromatic carbocycles. The fourth-order valence-electron chi connectivity index (χ4n) is 1.27. The molecule has 1 aromatic rings. The smallest absolute Gasteiger partial charge is 0.251 e. The molecule has 0 aliphatic rings. The number of aromatic nitrogens is 1. The molecular weight excluding hydrogens is 350 g/mol. The summed E-state index contributed by atoms with van der Waals surface area (Å²) in [5.41, 5.74) is 0.352. The molecule has 0 bridgehead atoms. The average molecular weight is 367 g/mol. The van der Waals surface area contributed by atoms with Crippen LogP contribution in [0.5, 0.6) is 0 Å². The van der Waals surface area contributed by atoms with Gasteiger partial charge in [-0.25, -0.2) is 13.8 Å². The Kier molecular flexibility index (Phi) is 5.69. The second-order valence-electron chi connectivity index (χ2n) is 5.49. The third-order valence-electron chi connectivity index (χ3n) is 2.21. The molecule has 0 N–H and O–H groups in total. The van der Waals surface area contributed by atoms with Gasteiger partial charge in [0.05, 0.1) is 12.1 Å². The molecule has 7 heteroatoms. The zero-order chi connectivity index (χ0) is 15.6. The first-order valence-electron chi connectivity index (χ1n) is 5.99. The normalized spacial score (nSPS) is 15.3. The molecule has 0 aliphatic heterocycles. The summed E-state index contributed by atoms with van der Waals surface area (Å²) in [6.07, 6.45) is -0.599. The molecule has 0 aliphatic carbocycles. The van der Waals surface area contributed by atoms with Crippen molar-refractivity contribution >= 4 is 33.0 Å². The van der Waals surface area contributed by atoms with Gasteiger partial charge < -0.3 is 4.55 Å². The van der Waals surface area contributed by atoms with E-state index in [1.54, 1.807) is 39.0 Å². The van der Waals surface area contributed by atoms with Crippen LogP contribution in [0.3, 0.4) is 0 Å². The highest BCUT2D eigenvalue weighted by Crippen LogP contribution is 2.24. The molecule has 0 fully saturated rings. The number of rotatable bonds is 4. The van der Waals surface area contributed by atoms with E-state index in [1.165, 1.54) is 0 Å². The molecule has 0 saturated carbocycles. The summed E-state index contributed by atoms with van der Waals surface area (Å²) in [6.45, 7) is 6.02. The third kappa shape index (κ3) is 5.85. The van der Waals surface area contributed by atoms with Crippen LogP contribution in [0.25, 0.3) is 0 Å². The maximum absolute atomic E-state index is 13.3. The summed E-state index contributed by atoms with van der Waals surface area (Å²) in [4.78, 5) is 4.11. The Morgan fingerprint density at radius 2 is 1.95 bits per heavy atom. The summed E-state index contributed by atoms with van der Waals surface area (Å²) < 4.78 is 42.5. The summed E-state index contributed by atoms with van der Waals surface area (Å²) >= 11 is 1.58. The lowest BCUT2D eigenvalue weighted by molar-refractivity contribution is 0.0304. The molecular formula is C13H17BrF2N2OS. The van der Waals surface area contributed by atoms with Crippen molar-refractivity contribution in [1.29, 1.82) is 0 Å². The van der Waals surface area contributed by atoms with Crippen molar-refractivity contribution in [2.45, 2.75) is 44.8 Å². The Labute approximate surface area is 129 Å². The fourth-order valence-corrected chi connectivity index (χ4v) is 2.25. The fraction of sp³-hybridized carbons (Fsp3) is 0.538. The van der Waals surface area contributed by atoms with Crippen molar-refractivity contribution in [3.63, 3.8) is 0 Å². The predicted octanol–water partition coefficient (Wildman–Crippen LogP) is 4.14. The predicted molar refractivity (Wildman–Crippen MR) is 81.6 cm³/mol. The van der Waals surface area contributed by atoms with Gasteiger partial charge in [-0.1, -0.05) is 10.5 Å². The van der Waals surface area contributed by atoms with Crippen LogP contribution in [-0.4, -0.2) is 25.9 Å². The lowest BCUT2D eigenvalue weighted by atomic mass is 10.1. The third-order valence-corrected chi connectivity index (χ3v) is 4.08. The van der Waals surface area contributed by atoms with Gasteiger partial charge in [-0.3, -0.25) is 0 Å². The minimum atomic E-state index is -2.94. The number of hydrogen-bond donors (Lipinski definition) is 0. The standard InChI is InChI=1S/C13H17BrF2N2OS/c1-12(2,3)20(19)18-10(8-13(4,15)16)9-6-5-7-11(14)17-9/h5-7H,8H2,1-4H3/b18-10-. The van der Waals surface area contributed by atoms with Crippen LogP contribution in [0.15, 0.2) is 27.2 Å². The molecule has 1 atom stereocenters. The topological polar surface area (TPSA) is 48.3 Å². The Bertz CT molecular complexity index is 498. The van der Waals surface area contributed by atoms with Gasteiger partial charge in [0, 0.05) is 0 Å². The zero-order valence-corrected chi connectivity index (χ0v) is 14.2. The van der Waals surface area contributed by atoms with Crippen LogP contribution in [0.1, 0.15) is 39.8 Å². The van der Waals surface area contributed by atoms with Crippen LogP contribution in [0.4, 0.5) is 8.78 Å². The number of halogens is 3. The van der Waals surface area contributed by atoms with E-state index < -0.39 is 28.5 Å². The van der Waals surface area contributed by atoms with Gasteiger partial charge in [0.2, 0.25) is 0 Å². The number of alkyl halides is 2.